The van der Waals surface area contributed by atoms with E-state index in [4.69, 9.17) is 0 Å². The highest BCUT2D eigenvalue weighted by atomic mass is 14.4. The third kappa shape index (κ3) is 6.23. The zero-order valence-corrected chi connectivity index (χ0v) is 18.8. The molecule has 0 amide bonds. The number of rotatable bonds is 10. The van der Waals surface area contributed by atoms with E-state index in [9.17, 15) is 0 Å². The standard InChI is InChI=1S/C28H44/c1-3-5-12-24-15-17-26(18-16-24)27(23-25-13-8-6-9-14-25)19-22-28(4-2)20-10-7-11-21-28/h13,15-18,27H,3-12,14,19-23H2,1-2H3. The summed E-state index contributed by atoms with van der Waals surface area (Å²) in [4.78, 5) is 0. The molecule has 0 spiro atoms. The van der Waals surface area contributed by atoms with Gasteiger partial charge in [-0.1, -0.05) is 81.9 Å². The maximum Gasteiger partial charge on any atom is -0.0125 e. The van der Waals surface area contributed by atoms with Crippen LogP contribution in [0, 0.1) is 5.41 Å². The molecule has 0 heterocycles. The minimum Gasteiger partial charge on any atom is -0.0853 e. The summed E-state index contributed by atoms with van der Waals surface area (Å²) < 4.78 is 0. The number of benzene rings is 1. The van der Waals surface area contributed by atoms with E-state index in [-0.39, 0.29) is 0 Å². The van der Waals surface area contributed by atoms with Crippen LogP contribution in [0.5, 0.6) is 0 Å². The quantitative estimate of drug-likeness (QED) is 0.355. The summed E-state index contributed by atoms with van der Waals surface area (Å²) in [5.41, 5.74) is 5.53. The van der Waals surface area contributed by atoms with Gasteiger partial charge in [0, 0.05) is 0 Å². The Kier molecular flexibility index (Phi) is 8.68. The molecule has 2 aliphatic rings. The van der Waals surface area contributed by atoms with Crippen molar-refractivity contribution >= 4 is 0 Å². The Balaban J connectivity index is 1.69. The summed E-state index contributed by atoms with van der Waals surface area (Å²) in [5, 5.41) is 0. The van der Waals surface area contributed by atoms with Crippen molar-refractivity contribution in [2.45, 2.75) is 122 Å². The zero-order chi connectivity index (χ0) is 19.7. The average molecular weight is 381 g/mol. The maximum atomic E-state index is 2.57. The van der Waals surface area contributed by atoms with Crippen LogP contribution in [-0.2, 0) is 6.42 Å². The molecule has 1 fully saturated rings. The molecule has 0 bridgehead atoms. The number of aryl methyl sites for hydroxylation is 1. The lowest BCUT2D eigenvalue weighted by Gasteiger charge is -2.38. The molecule has 156 valence electrons. The average Bonchev–Trinajstić information content (AvgIpc) is 2.77. The van der Waals surface area contributed by atoms with Gasteiger partial charge in [-0.2, -0.15) is 0 Å². The van der Waals surface area contributed by atoms with Crippen molar-refractivity contribution in [2.24, 2.45) is 5.41 Å². The molecule has 0 aromatic heterocycles. The lowest BCUT2D eigenvalue weighted by molar-refractivity contribution is 0.156. The van der Waals surface area contributed by atoms with Gasteiger partial charge in [-0.05, 0) is 93.1 Å². The summed E-state index contributed by atoms with van der Waals surface area (Å²) >= 11 is 0. The third-order valence-electron chi connectivity index (χ3n) is 7.85. The fraction of sp³-hybridized carbons (Fsp3) is 0.714. The monoisotopic (exact) mass is 380 g/mol. The van der Waals surface area contributed by atoms with Gasteiger partial charge in [0.25, 0.3) is 0 Å². The molecule has 28 heavy (non-hydrogen) atoms. The molecule has 0 radical (unpaired) electrons. The van der Waals surface area contributed by atoms with Gasteiger partial charge >= 0.3 is 0 Å². The van der Waals surface area contributed by atoms with Crippen molar-refractivity contribution in [2.75, 3.05) is 0 Å². The molecule has 1 atom stereocenters. The highest BCUT2D eigenvalue weighted by Crippen LogP contribution is 2.45. The van der Waals surface area contributed by atoms with Gasteiger partial charge in [-0.25, -0.2) is 0 Å². The van der Waals surface area contributed by atoms with Gasteiger partial charge in [-0.3, -0.25) is 0 Å². The van der Waals surface area contributed by atoms with E-state index in [0.717, 1.165) is 5.92 Å². The molecular weight excluding hydrogens is 336 g/mol. The van der Waals surface area contributed by atoms with Gasteiger partial charge in [0.15, 0.2) is 0 Å². The molecular formula is C28H44. The third-order valence-corrected chi connectivity index (χ3v) is 7.85. The van der Waals surface area contributed by atoms with E-state index >= 15 is 0 Å². The first kappa shape index (κ1) is 21.7. The predicted molar refractivity (Wildman–Crippen MR) is 124 cm³/mol. The van der Waals surface area contributed by atoms with Crippen LogP contribution in [0.1, 0.15) is 127 Å². The molecule has 1 aromatic carbocycles. The van der Waals surface area contributed by atoms with Crippen LogP contribution < -0.4 is 0 Å². The topological polar surface area (TPSA) is 0 Å². The van der Waals surface area contributed by atoms with Crippen LogP contribution in [0.25, 0.3) is 0 Å². The van der Waals surface area contributed by atoms with Crippen molar-refractivity contribution in [3.63, 3.8) is 0 Å². The lowest BCUT2D eigenvalue weighted by Crippen LogP contribution is -2.24. The van der Waals surface area contributed by atoms with Crippen LogP contribution >= 0.6 is 0 Å². The minimum absolute atomic E-state index is 0.651. The van der Waals surface area contributed by atoms with Crippen molar-refractivity contribution in [3.8, 4) is 0 Å². The largest absolute Gasteiger partial charge is 0.0853 e. The first-order chi connectivity index (χ1) is 13.7. The van der Waals surface area contributed by atoms with E-state index < -0.39 is 0 Å². The molecule has 0 aliphatic heterocycles. The normalized spacial score (nSPS) is 20.6. The van der Waals surface area contributed by atoms with E-state index in [2.05, 4.69) is 44.2 Å². The van der Waals surface area contributed by atoms with Crippen molar-refractivity contribution in [1.29, 1.82) is 0 Å². The molecule has 0 heteroatoms. The summed E-state index contributed by atoms with van der Waals surface area (Å²) in [5.74, 6) is 0.731. The number of hydrogen-bond donors (Lipinski definition) is 0. The van der Waals surface area contributed by atoms with Gasteiger partial charge < -0.3 is 0 Å². The second-order valence-corrected chi connectivity index (χ2v) is 9.81. The SMILES string of the molecule is CCCCc1ccc(C(CCC2(CC)CCCCC2)CC2=CCCCC2)cc1. The minimum atomic E-state index is 0.651. The van der Waals surface area contributed by atoms with Gasteiger partial charge in [-0.15, -0.1) is 0 Å². The second kappa shape index (κ2) is 11.2. The summed E-state index contributed by atoms with van der Waals surface area (Å²) in [6.07, 6.45) is 24.8. The lowest BCUT2D eigenvalue weighted by atomic mass is 9.68. The molecule has 0 N–H and O–H groups in total. The Morgan fingerprint density at radius 1 is 0.929 bits per heavy atom. The van der Waals surface area contributed by atoms with Gasteiger partial charge in [0.1, 0.15) is 0 Å². The Hall–Kier alpha value is -1.04. The Morgan fingerprint density at radius 2 is 1.71 bits per heavy atom. The molecule has 0 saturated heterocycles. The van der Waals surface area contributed by atoms with Crippen LogP contribution in [0.2, 0.25) is 0 Å². The highest BCUT2D eigenvalue weighted by Gasteiger charge is 2.31. The summed E-state index contributed by atoms with van der Waals surface area (Å²) in [7, 11) is 0. The van der Waals surface area contributed by atoms with Crippen LogP contribution in [-0.4, -0.2) is 0 Å². The fourth-order valence-electron chi connectivity index (χ4n) is 5.69. The van der Waals surface area contributed by atoms with E-state index in [1.165, 1.54) is 108 Å². The molecule has 1 saturated carbocycles. The fourth-order valence-corrected chi connectivity index (χ4v) is 5.69. The van der Waals surface area contributed by atoms with Crippen molar-refractivity contribution in [1.82, 2.24) is 0 Å². The summed E-state index contributed by atoms with van der Waals surface area (Å²) in [6, 6.07) is 9.78. The van der Waals surface area contributed by atoms with Crippen LogP contribution in [0.4, 0.5) is 0 Å². The molecule has 0 nitrogen and oxygen atoms in total. The maximum absolute atomic E-state index is 2.57. The molecule has 1 aromatic rings. The van der Waals surface area contributed by atoms with Gasteiger partial charge in [0.2, 0.25) is 0 Å². The Bertz CT molecular complexity index is 585. The number of allylic oxidation sites excluding steroid dienone is 2. The molecule has 2 aliphatic carbocycles. The summed E-state index contributed by atoms with van der Waals surface area (Å²) in [6.45, 7) is 4.74. The first-order valence-corrected chi connectivity index (χ1v) is 12.5. The van der Waals surface area contributed by atoms with E-state index in [1.54, 1.807) is 11.1 Å². The zero-order valence-electron chi connectivity index (χ0n) is 18.8. The van der Waals surface area contributed by atoms with E-state index in [0.29, 0.717) is 5.41 Å². The Labute approximate surface area is 175 Å². The smallest absolute Gasteiger partial charge is 0.0125 e. The number of hydrogen-bond acceptors (Lipinski definition) is 0. The van der Waals surface area contributed by atoms with Gasteiger partial charge in [0.05, 0.1) is 0 Å². The second-order valence-electron chi connectivity index (χ2n) is 9.81. The first-order valence-electron chi connectivity index (χ1n) is 12.5. The van der Waals surface area contributed by atoms with Crippen molar-refractivity contribution < 1.29 is 0 Å². The molecule has 3 rings (SSSR count). The van der Waals surface area contributed by atoms with E-state index in [1.807, 2.05) is 0 Å². The van der Waals surface area contributed by atoms with Crippen LogP contribution in [0.3, 0.4) is 0 Å². The van der Waals surface area contributed by atoms with Crippen LogP contribution in [0.15, 0.2) is 35.9 Å². The van der Waals surface area contributed by atoms with Crippen molar-refractivity contribution in [3.05, 3.63) is 47.0 Å². The predicted octanol–water partition coefficient (Wildman–Crippen LogP) is 9.14. The Morgan fingerprint density at radius 3 is 2.36 bits per heavy atom. The number of unbranched alkanes of at least 4 members (excludes halogenated alkanes) is 1. The molecule has 1 unspecified atom stereocenters. The highest BCUT2D eigenvalue weighted by molar-refractivity contribution is 5.27.